The van der Waals surface area contributed by atoms with Gasteiger partial charge in [0.2, 0.25) is 5.89 Å². The van der Waals surface area contributed by atoms with Gasteiger partial charge in [-0.15, -0.1) is 0 Å². The van der Waals surface area contributed by atoms with E-state index in [9.17, 15) is 9.90 Å². The minimum Gasteiger partial charge on any atom is -0.481 e. The summed E-state index contributed by atoms with van der Waals surface area (Å²) in [4.78, 5) is 17.6. The number of likely N-dealkylation sites (tertiary alicyclic amines) is 1. The normalized spacial score (nSPS) is 24.6. The van der Waals surface area contributed by atoms with Gasteiger partial charge in [0, 0.05) is 13.0 Å². The third-order valence-electron chi connectivity index (χ3n) is 3.75. The van der Waals surface area contributed by atoms with E-state index < -0.39 is 11.4 Å². The minimum atomic E-state index is -0.702. The molecule has 0 bridgehead atoms. The first-order valence-electron chi connectivity index (χ1n) is 6.37. The molecule has 0 saturated carbocycles. The predicted octanol–water partition coefficient (Wildman–Crippen LogP) is 1.32. The Morgan fingerprint density at radius 2 is 2.33 bits per heavy atom. The van der Waals surface area contributed by atoms with E-state index in [0.29, 0.717) is 37.6 Å². The van der Waals surface area contributed by atoms with Crippen molar-refractivity contribution in [1.29, 1.82) is 0 Å². The first kappa shape index (κ1) is 13.0. The molecular weight excluding hydrogens is 234 g/mol. The molecule has 6 heteroatoms. The number of aryl methyl sites for hydroxylation is 1. The van der Waals surface area contributed by atoms with E-state index in [1.165, 1.54) is 0 Å². The molecule has 2 rings (SSSR count). The molecule has 1 aliphatic heterocycles. The molecule has 18 heavy (non-hydrogen) atoms. The second-order valence-corrected chi connectivity index (χ2v) is 4.86. The number of hydrogen-bond donors (Lipinski definition) is 1. The number of rotatable bonds is 5. The van der Waals surface area contributed by atoms with Gasteiger partial charge in [-0.1, -0.05) is 19.0 Å². The third kappa shape index (κ3) is 2.38. The summed E-state index contributed by atoms with van der Waals surface area (Å²) in [6, 6.07) is 0. The molecule has 1 atom stereocenters. The highest BCUT2D eigenvalue weighted by molar-refractivity contribution is 5.75. The summed E-state index contributed by atoms with van der Waals surface area (Å²) in [6.45, 7) is 5.77. The molecule has 1 aliphatic rings. The number of aromatic nitrogens is 2. The van der Waals surface area contributed by atoms with Crippen LogP contribution >= 0.6 is 0 Å². The van der Waals surface area contributed by atoms with Crippen LogP contribution in [-0.4, -0.2) is 39.2 Å². The van der Waals surface area contributed by atoms with E-state index in [2.05, 4.69) is 15.0 Å². The largest absolute Gasteiger partial charge is 0.481 e. The van der Waals surface area contributed by atoms with E-state index in [4.69, 9.17) is 4.52 Å². The Bertz CT molecular complexity index is 432. The number of nitrogens with zero attached hydrogens (tertiary/aromatic N) is 3. The van der Waals surface area contributed by atoms with Gasteiger partial charge in [-0.3, -0.25) is 9.69 Å². The molecule has 2 heterocycles. The fourth-order valence-electron chi connectivity index (χ4n) is 2.40. The van der Waals surface area contributed by atoms with Crippen molar-refractivity contribution in [3.63, 3.8) is 0 Å². The Balaban J connectivity index is 1.98. The van der Waals surface area contributed by atoms with Crippen LogP contribution in [0.25, 0.3) is 0 Å². The van der Waals surface area contributed by atoms with Crippen molar-refractivity contribution in [2.75, 3.05) is 13.1 Å². The zero-order valence-electron chi connectivity index (χ0n) is 10.8. The molecule has 0 radical (unpaired) electrons. The summed E-state index contributed by atoms with van der Waals surface area (Å²) < 4.78 is 5.13. The molecular formula is C12H19N3O3. The Labute approximate surface area is 106 Å². The highest BCUT2D eigenvalue weighted by Crippen LogP contribution is 2.34. The lowest BCUT2D eigenvalue weighted by molar-refractivity contribution is -0.148. The zero-order chi connectivity index (χ0) is 13.2. The van der Waals surface area contributed by atoms with Crippen molar-refractivity contribution in [3.8, 4) is 0 Å². The quantitative estimate of drug-likeness (QED) is 0.852. The molecule has 1 aromatic rings. The van der Waals surface area contributed by atoms with Gasteiger partial charge in [-0.25, -0.2) is 0 Å². The van der Waals surface area contributed by atoms with E-state index in [-0.39, 0.29) is 0 Å². The summed E-state index contributed by atoms with van der Waals surface area (Å²) in [6.07, 6.45) is 2.09. The molecule has 1 N–H and O–H groups in total. The molecule has 6 nitrogen and oxygen atoms in total. The number of carboxylic acid groups (broad SMARTS) is 1. The fourth-order valence-corrected chi connectivity index (χ4v) is 2.40. The Morgan fingerprint density at radius 1 is 1.56 bits per heavy atom. The van der Waals surface area contributed by atoms with Gasteiger partial charge in [-0.05, 0) is 19.4 Å². The molecule has 1 saturated heterocycles. The lowest BCUT2D eigenvalue weighted by Crippen LogP contribution is -2.33. The average molecular weight is 253 g/mol. The van der Waals surface area contributed by atoms with Crippen molar-refractivity contribution >= 4 is 5.97 Å². The maximum absolute atomic E-state index is 11.3. The van der Waals surface area contributed by atoms with E-state index in [0.717, 1.165) is 13.0 Å². The maximum atomic E-state index is 11.3. The van der Waals surface area contributed by atoms with Crippen LogP contribution in [0.2, 0.25) is 0 Å². The maximum Gasteiger partial charge on any atom is 0.310 e. The predicted molar refractivity (Wildman–Crippen MR) is 63.9 cm³/mol. The standard InChI is InChI=1S/C12H19N3O3/c1-3-9-13-10(18-14-9)7-15-6-5-12(4-2,8-15)11(16)17/h3-8H2,1-2H3,(H,16,17). The van der Waals surface area contributed by atoms with Gasteiger partial charge in [0.1, 0.15) is 0 Å². The topological polar surface area (TPSA) is 79.5 Å². The summed E-state index contributed by atoms with van der Waals surface area (Å²) in [5.41, 5.74) is -0.604. The lowest BCUT2D eigenvalue weighted by atomic mass is 9.84. The molecule has 0 spiro atoms. The summed E-state index contributed by atoms with van der Waals surface area (Å²) >= 11 is 0. The second kappa shape index (κ2) is 5.06. The van der Waals surface area contributed by atoms with Gasteiger partial charge < -0.3 is 9.63 Å². The van der Waals surface area contributed by atoms with Crippen LogP contribution in [0.5, 0.6) is 0 Å². The Morgan fingerprint density at radius 3 is 2.83 bits per heavy atom. The SMILES string of the molecule is CCc1noc(CN2CCC(CC)(C(=O)O)C2)n1. The number of hydrogen-bond acceptors (Lipinski definition) is 5. The summed E-state index contributed by atoms with van der Waals surface area (Å²) in [5, 5.41) is 13.2. The molecule has 1 fully saturated rings. The summed E-state index contributed by atoms with van der Waals surface area (Å²) in [7, 11) is 0. The third-order valence-corrected chi connectivity index (χ3v) is 3.75. The highest BCUT2D eigenvalue weighted by Gasteiger charge is 2.43. The second-order valence-electron chi connectivity index (χ2n) is 4.86. The average Bonchev–Trinajstić information content (AvgIpc) is 2.97. The van der Waals surface area contributed by atoms with Crippen molar-refractivity contribution < 1.29 is 14.4 Å². The van der Waals surface area contributed by atoms with Crippen molar-refractivity contribution in [2.45, 2.75) is 39.7 Å². The van der Waals surface area contributed by atoms with E-state index in [1.54, 1.807) is 0 Å². The number of aliphatic carboxylic acids is 1. The Kier molecular flexibility index (Phi) is 3.65. The van der Waals surface area contributed by atoms with Crippen LogP contribution in [0.4, 0.5) is 0 Å². The number of carbonyl (C=O) groups is 1. The Hall–Kier alpha value is -1.43. The van der Waals surface area contributed by atoms with Crippen molar-refractivity contribution in [1.82, 2.24) is 15.0 Å². The monoisotopic (exact) mass is 253 g/mol. The van der Waals surface area contributed by atoms with Gasteiger partial charge in [-0.2, -0.15) is 4.98 Å². The lowest BCUT2D eigenvalue weighted by Gasteiger charge is -2.22. The minimum absolute atomic E-state index is 0.544. The molecule has 1 aromatic heterocycles. The van der Waals surface area contributed by atoms with Crippen molar-refractivity contribution in [2.24, 2.45) is 5.41 Å². The van der Waals surface area contributed by atoms with Gasteiger partial charge in [0.05, 0.1) is 12.0 Å². The van der Waals surface area contributed by atoms with Crippen molar-refractivity contribution in [3.05, 3.63) is 11.7 Å². The number of carboxylic acids is 1. The van der Waals surface area contributed by atoms with Gasteiger partial charge in [0.25, 0.3) is 0 Å². The fraction of sp³-hybridized carbons (Fsp3) is 0.750. The van der Waals surface area contributed by atoms with Gasteiger partial charge >= 0.3 is 5.97 Å². The van der Waals surface area contributed by atoms with E-state index in [1.807, 2.05) is 13.8 Å². The van der Waals surface area contributed by atoms with Crippen LogP contribution in [0.1, 0.15) is 38.4 Å². The van der Waals surface area contributed by atoms with Crippen LogP contribution in [0.15, 0.2) is 4.52 Å². The molecule has 0 amide bonds. The smallest absolute Gasteiger partial charge is 0.310 e. The molecule has 0 aliphatic carbocycles. The summed E-state index contributed by atoms with van der Waals surface area (Å²) in [5.74, 6) is 0.570. The van der Waals surface area contributed by atoms with Crippen LogP contribution in [0, 0.1) is 5.41 Å². The van der Waals surface area contributed by atoms with E-state index >= 15 is 0 Å². The first-order valence-corrected chi connectivity index (χ1v) is 6.37. The first-order chi connectivity index (χ1) is 8.59. The molecule has 0 aromatic carbocycles. The van der Waals surface area contributed by atoms with Crippen LogP contribution < -0.4 is 0 Å². The van der Waals surface area contributed by atoms with Gasteiger partial charge in [0.15, 0.2) is 5.82 Å². The van der Waals surface area contributed by atoms with Crippen LogP contribution in [0.3, 0.4) is 0 Å². The molecule has 100 valence electrons. The highest BCUT2D eigenvalue weighted by atomic mass is 16.5. The zero-order valence-corrected chi connectivity index (χ0v) is 10.8. The van der Waals surface area contributed by atoms with Crippen LogP contribution in [-0.2, 0) is 17.8 Å². The molecule has 1 unspecified atom stereocenters.